The van der Waals surface area contributed by atoms with Crippen molar-refractivity contribution in [1.82, 2.24) is 0 Å². The van der Waals surface area contributed by atoms with Crippen molar-refractivity contribution in [3.63, 3.8) is 0 Å². The summed E-state index contributed by atoms with van der Waals surface area (Å²) in [5.41, 5.74) is 5.00. The second-order valence-electron chi connectivity index (χ2n) is 6.89. The Kier molecular flexibility index (Phi) is 6.29. The molecular weight excluding hydrogens is 334 g/mol. The number of rotatable bonds is 8. The van der Waals surface area contributed by atoms with Crippen LogP contribution in [-0.4, -0.2) is 30.2 Å². The Morgan fingerprint density at radius 1 is 1.38 bits per heavy atom. The fraction of sp³-hybridized carbons (Fsp3) is 0.500. The molecule has 1 aromatic rings. The summed E-state index contributed by atoms with van der Waals surface area (Å²) in [4.78, 5) is 23.1. The van der Waals surface area contributed by atoms with Crippen LogP contribution in [0.5, 0.6) is 5.75 Å². The highest BCUT2D eigenvalue weighted by atomic mass is 16.5. The predicted molar refractivity (Wildman–Crippen MR) is 99.9 cm³/mol. The van der Waals surface area contributed by atoms with Gasteiger partial charge in [0.1, 0.15) is 12.4 Å². The van der Waals surface area contributed by atoms with Gasteiger partial charge < -0.3 is 19.9 Å². The third-order valence-corrected chi connectivity index (χ3v) is 4.50. The van der Waals surface area contributed by atoms with E-state index in [-0.39, 0.29) is 25.0 Å². The van der Waals surface area contributed by atoms with Gasteiger partial charge in [0, 0.05) is 23.6 Å². The molecule has 0 bridgehead atoms. The van der Waals surface area contributed by atoms with Gasteiger partial charge in [-0.25, -0.2) is 4.79 Å². The topological polar surface area (TPSA) is 84.9 Å². The van der Waals surface area contributed by atoms with Crippen molar-refractivity contribution in [2.75, 3.05) is 12.4 Å². The summed E-state index contributed by atoms with van der Waals surface area (Å²) >= 11 is 0. The number of anilines is 1. The smallest absolute Gasteiger partial charge is 0.341 e. The van der Waals surface area contributed by atoms with Crippen LogP contribution < -0.4 is 10.1 Å². The molecule has 1 aliphatic heterocycles. The van der Waals surface area contributed by atoms with Crippen molar-refractivity contribution in [3.8, 4) is 5.75 Å². The number of carbonyl (C=O) groups is 2. The Balaban J connectivity index is 2.50. The van der Waals surface area contributed by atoms with Gasteiger partial charge in [-0.15, -0.1) is 0 Å². The zero-order valence-electron chi connectivity index (χ0n) is 16.1. The first-order valence-electron chi connectivity index (χ1n) is 8.79. The zero-order chi connectivity index (χ0) is 19.4. The third kappa shape index (κ3) is 4.18. The zero-order valence-corrected chi connectivity index (χ0v) is 16.1. The number of esters is 1. The van der Waals surface area contributed by atoms with E-state index in [0.717, 1.165) is 33.7 Å². The van der Waals surface area contributed by atoms with Crippen LogP contribution in [0.25, 0.3) is 0 Å². The van der Waals surface area contributed by atoms with Crippen LogP contribution in [0.4, 0.5) is 5.69 Å². The molecule has 2 rings (SSSR count). The van der Waals surface area contributed by atoms with E-state index in [2.05, 4.69) is 5.32 Å². The lowest BCUT2D eigenvalue weighted by molar-refractivity contribution is -0.136. The molecule has 0 saturated heterocycles. The number of carboxylic acid groups (broad SMARTS) is 1. The van der Waals surface area contributed by atoms with E-state index in [9.17, 15) is 9.59 Å². The van der Waals surface area contributed by atoms with Crippen molar-refractivity contribution >= 4 is 17.6 Å². The summed E-state index contributed by atoms with van der Waals surface area (Å²) in [5.74, 6) is -0.386. The van der Waals surface area contributed by atoms with Crippen LogP contribution >= 0.6 is 0 Å². The molecule has 142 valence electrons. The molecule has 0 aromatic heterocycles. The van der Waals surface area contributed by atoms with Gasteiger partial charge in [0.05, 0.1) is 18.4 Å². The quantitative estimate of drug-likeness (QED) is 0.540. The van der Waals surface area contributed by atoms with Gasteiger partial charge in [-0.05, 0) is 46.1 Å². The SMILES string of the molecule is COc1c(C)c2c(c(NC(C)C)c1CC=C(C)CCC(=O)O)C(=O)OC2. The monoisotopic (exact) mass is 361 g/mol. The van der Waals surface area contributed by atoms with E-state index in [4.69, 9.17) is 14.6 Å². The van der Waals surface area contributed by atoms with Crippen molar-refractivity contribution in [3.05, 3.63) is 33.9 Å². The van der Waals surface area contributed by atoms with E-state index in [1.165, 1.54) is 0 Å². The molecule has 1 aromatic carbocycles. The Bertz CT molecular complexity index is 749. The van der Waals surface area contributed by atoms with Gasteiger partial charge in [-0.1, -0.05) is 11.6 Å². The first kappa shape index (κ1) is 19.8. The van der Waals surface area contributed by atoms with Gasteiger partial charge >= 0.3 is 11.9 Å². The van der Waals surface area contributed by atoms with Crippen LogP contribution in [0.1, 0.15) is 60.7 Å². The van der Waals surface area contributed by atoms with Crippen molar-refractivity contribution < 1.29 is 24.2 Å². The molecule has 26 heavy (non-hydrogen) atoms. The largest absolute Gasteiger partial charge is 0.496 e. The minimum absolute atomic E-state index is 0.103. The molecule has 0 atom stereocenters. The summed E-state index contributed by atoms with van der Waals surface area (Å²) < 4.78 is 10.9. The highest BCUT2D eigenvalue weighted by Gasteiger charge is 2.32. The number of fused-ring (bicyclic) bond motifs is 1. The van der Waals surface area contributed by atoms with Crippen LogP contribution in [0.15, 0.2) is 11.6 Å². The number of hydrogen-bond acceptors (Lipinski definition) is 5. The summed E-state index contributed by atoms with van der Waals surface area (Å²) in [5, 5.41) is 12.2. The highest BCUT2D eigenvalue weighted by Crippen LogP contribution is 2.41. The predicted octanol–water partition coefficient (Wildman–Crippen LogP) is 3.85. The van der Waals surface area contributed by atoms with Crippen molar-refractivity contribution in [2.24, 2.45) is 0 Å². The van der Waals surface area contributed by atoms with Gasteiger partial charge in [0.2, 0.25) is 0 Å². The molecular formula is C20H27NO5. The number of ether oxygens (including phenoxy) is 2. The molecule has 1 aliphatic rings. The van der Waals surface area contributed by atoms with E-state index < -0.39 is 5.97 Å². The van der Waals surface area contributed by atoms with E-state index in [1.54, 1.807) is 7.11 Å². The van der Waals surface area contributed by atoms with Crippen molar-refractivity contribution in [2.45, 2.75) is 59.6 Å². The van der Waals surface area contributed by atoms with E-state index in [1.807, 2.05) is 33.8 Å². The lowest BCUT2D eigenvalue weighted by Gasteiger charge is -2.22. The highest BCUT2D eigenvalue weighted by molar-refractivity contribution is 6.01. The average molecular weight is 361 g/mol. The molecule has 0 amide bonds. The summed E-state index contributed by atoms with van der Waals surface area (Å²) in [6, 6.07) is 0.135. The molecule has 0 fully saturated rings. The molecule has 0 radical (unpaired) electrons. The number of hydrogen-bond donors (Lipinski definition) is 2. The maximum atomic E-state index is 12.3. The van der Waals surface area contributed by atoms with Crippen LogP contribution in [0.2, 0.25) is 0 Å². The molecule has 1 heterocycles. The molecule has 0 spiro atoms. The Morgan fingerprint density at radius 3 is 2.65 bits per heavy atom. The Morgan fingerprint density at radius 2 is 2.08 bits per heavy atom. The maximum absolute atomic E-state index is 12.3. The molecule has 0 saturated carbocycles. The molecule has 0 unspecified atom stereocenters. The van der Waals surface area contributed by atoms with Crippen LogP contribution in [-0.2, 0) is 22.6 Å². The van der Waals surface area contributed by atoms with Gasteiger partial charge in [-0.2, -0.15) is 0 Å². The van der Waals surface area contributed by atoms with Crippen molar-refractivity contribution in [1.29, 1.82) is 0 Å². The van der Waals surface area contributed by atoms with E-state index in [0.29, 0.717) is 18.4 Å². The third-order valence-electron chi connectivity index (χ3n) is 4.50. The maximum Gasteiger partial charge on any atom is 0.341 e. The number of aliphatic carboxylic acids is 1. The minimum atomic E-state index is -0.811. The number of cyclic esters (lactones) is 1. The first-order chi connectivity index (χ1) is 12.3. The fourth-order valence-corrected chi connectivity index (χ4v) is 3.18. The molecule has 0 aliphatic carbocycles. The second-order valence-corrected chi connectivity index (χ2v) is 6.89. The summed E-state index contributed by atoms with van der Waals surface area (Å²) in [7, 11) is 1.62. The average Bonchev–Trinajstić information content (AvgIpc) is 2.95. The Hall–Kier alpha value is -2.50. The number of carboxylic acids is 1. The normalized spacial score (nSPS) is 13.6. The van der Waals surface area contributed by atoms with Gasteiger partial charge in [-0.3, -0.25) is 4.79 Å². The number of methoxy groups -OCH3 is 1. The van der Waals surface area contributed by atoms with Crippen LogP contribution in [0, 0.1) is 6.92 Å². The summed E-state index contributed by atoms with van der Waals surface area (Å²) in [6.07, 6.45) is 3.15. The lowest BCUT2D eigenvalue weighted by atomic mass is 9.93. The number of nitrogens with one attached hydrogen (secondary N) is 1. The fourth-order valence-electron chi connectivity index (χ4n) is 3.18. The standard InChI is InChI=1S/C20H27NO5/c1-11(2)21-18-14(8-6-12(3)7-9-16(22)23)19(25-5)13(4)15-10-26-20(24)17(15)18/h6,11,21H,7-10H2,1-5H3,(H,22,23). The minimum Gasteiger partial charge on any atom is -0.496 e. The molecule has 6 nitrogen and oxygen atoms in total. The van der Waals surface area contributed by atoms with Gasteiger partial charge in [0.15, 0.2) is 0 Å². The molecule has 2 N–H and O–H groups in total. The number of benzene rings is 1. The van der Waals surface area contributed by atoms with Crippen LogP contribution in [0.3, 0.4) is 0 Å². The van der Waals surface area contributed by atoms with E-state index >= 15 is 0 Å². The van der Waals surface area contributed by atoms with Gasteiger partial charge in [0.25, 0.3) is 0 Å². The summed E-state index contributed by atoms with van der Waals surface area (Å²) in [6.45, 7) is 8.13. The Labute approximate surface area is 154 Å². The molecule has 6 heteroatoms. The number of carbonyl (C=O) groups excluding carboxylic acids is 1. The number of allylic oxidation sites excluding steroid dienone is 2. The first-order valence-corrected chi connectivity index (χ1v) is 8.79. The second kappa shape index (κ2) is 8.25. The lowest BCUT2D eigenvalue weighted by Crippen LogP contribution is -2.16.